The summed E-state index contributed by atoms with van der Waals surface area (Å²) >= 11 is 1.55. The summed E-state index contributed by atoms with van der Waals surface area (Å²) in [5.41, 5.74) is 1.47. The number of rotatable bonds is 2. The Morgan fingerprint density at radius 3 is 2.50 bits per heavy atom. The van der Waals surface area contributed by atoms with Crippen LogP contribution in [0.15, 0.2) is 34.8 Å². The maximum absolute atomic E-state index is 13.1. The number of hydrogen-bond acceptors (Lipinski definition) is 7. The van der Waals surface area contributed by atoms with E-state index in [9.17, 15) is 19.8 Å². The number of cyclic esters (lactones) is 1. The summed E-state index contributed by atoms with van der Waals surface area (Å²) in [5, 5.41) is 24.5. The minimum absolute atomic E-state index is 0.131. The van der Waals surface area contributed by atoms with Crippen LogP contribution in [0, 0.1) is 24.2 Å². The first-order chi connectivity index (χ1) is 15.8. The zero-order chi connectivity index (χ0) is 25.6. The number of ether oxygens (including phenoxy) is 1. The number of aliphatic hydroxyl groups excluding tert-OH is 2. The number of allylic oxidation sites excluding steroid dienone is 3. The van der Waals surface area contributed by atoms with Crippen molar-refractivity contribution in [1.82, 2.24) is 4.98 Å². The minimum atomic E-state index is -1.23. The highest BCUT2D eigenvalue weighted by Crippen LogP contribution is 2.32. The molecule has 2 N–H and O–H groups in total. The molecule has 0 aliphatic carbocycles. The van der Waals surface area contributed by atoms with Crippen LogP contribution < -0.4 is 0 Å². The lowest BCUT2D eigenvalue weighted by Crippen LogP contribution is -2.45. The van der Waals surface area contributed by atoms with Gasteiger partial charge in [-0.3, -0.25) is 9.59 Å². The standard InChI is InChI=1S/C27H39NO5S/c1-16-9-8-10-17(2)25(31)19(4)26(32)27(6,7)23(29)14-24(30)33-22(12-11-16)18(3)13-21-15-34-20(5)28-21/h8-9,11,13,15,17,19,22-23,25,29,31H,10,12,14H2,1-7H3/b9-8+,16-11-,18-13+/t17-,19+,22+,23-,25-/m0/s1. The van der Waals surface area contributed by atoms with Crippen molar-refractivity contribution in [3.05, 3.63) is 45.5 Å². The van der Waals surface area contributed by atoms with Crippen molar-refractivity contribution >= 4 is 29.2 Å². The molecule has 0 fully saturated rings. The van der Waals surface area contributed by atoms with E-state index in [-0.39, 0.29) is 18.1 Å². The third-order valence-electron chi connectivity index (χ3n) is 6.67. The Labute approximate surface area is 207 Å². The third-order valence-corrected chi connectivity index (χ3v) is 7.47. The molecule has 0 amide bonds. The summed E-state index contributed by atoms with van der Waals surface area (Å²) in [6.45, 7) is 12.6. The predicted octanol–water partition coefficient (Wildman–Crippen LogP) is 5.04. The number of nitrogens with zero attached hydrogens (tertiary/aromatic N) is 1. The van der Waals surface area contributed by atoms with Crippen LogP contribution in [0.5, 0.6) is 0 Å². The molecule has 2 rings (SSSR count). The molecule has 188 valence electrons. The lowest BCUT2D eigenvalue weighted by Gasteiger charge is -2.34. The number of Topliss-reactive ketones (excluding diaryl/α,β-unsaturated/α-hetero) is 1. The van der Waals surface area contributed by atoms with Crippen molar-refractivity contribution in [2.45, 2.75) is 86.0 Å². The van der Waals surface area contributed by atoms with E-state index in [2.05, 4.69) is 4.98 Å². The summed E-state index contributed by atoms with van der Waals surface area (Å²) in [6, 6.07) is 0. The van der Waals surface area contributed by atoms with Crippen molar-refractivity contribution in [2.75, 3.05) is 0 Å². The molecular formula is C27H39NO5S. The first-order valence-electron chi connectivity index (χ1n) is 11.9. The summed E-state index contributed by atoms with van der Waals surface area (Å²) in [6.07, 6.45) is 6.09. The van der Waals surface area contributed by atoms with Gasteiger partial charge in [-0.25, -0.2) is 4.98 Å². The quantitative estimate of drug-likeness (QED) is 0.565. The van der Waals surface area contributed by atoms with Crippen molar-refractivity contribution in [3.63, 3.8) is 0 Å². The molecule has 0 saturated heterocycles. The van der Waals surface area contributed by atoms with Gasteiger partial charge in [-0.15, -0.1) is 11.3 Å². The highest BCUT2D eigenvalue weighted by Gasteiger charge is 2.42. The van der Waals surface area contributed by atoms with Crippen LogP contribution in [0.2, 0.25) is 0 Å². The van der Waals surface area contributed by atoms with Gasteiger partial charge in [-0.2, -0.15) is 0 Å². The minimum Gasteiger partial charge on any atom is -0.457 e. The normalized spacial score (nSPS) is 32.6. The molecule has 6 nitrogen and oxygen atoms in total. The molecular weight excluding hydrogens is 450 g/mol. The van der Waals surface area contributed by atoms with Crippen molar-refractivity contribution in [1.29, 1.82) is 0 Å². The molecule has 5 atom stereocenters. The molecule has 0 spiro atoms. The van der Waals surface area contributed by atoms with Gasteiger partial charge in [0.25, 0.3) is 0 Å². The number of ketones is 1. The highest BCUT2D eigenvalue weighted by molar-refractivity contribution is 7.09. The monoisotopic (exact) mass is 489 g/mol. The number of thiazole rings is 1. The van der Waals surface area contributed by atoms with E-state index in [1.165, 1.54) is 0 Å². The molecule has 1 aromatic rings. The number of hydrogen-bond donors (Lipinski definition) is 2. The Morgan fingerprint density at radius 1 is 1.21 bits per heavy atom. The van der Waals surface area contributed by atoms with Crippen LogP contribution in [-0.4, -0.2) is 45.3 Å². The zero-order valence-electron chi connectivity index (χ0n) is 21.4. The van der Waals surface area contributed by atoms with E-state index in [0.717, 1.165) is 21.8 Å². The average Bonchev–Trinajstić information content (AvgIpc) is 3.18. The summed E-state index contributed by atoms with van der Waals surface area (Å²) < 4.78 is 5.78. The zero-order valence-corrected chi connectivity index (χ0v) is 22.2. The lowest BCUT2D eigenvalue weighted by molar-refractivity contribution is -0.154. The van der Waals surface area contributed by atoms with E-state index >= 15 is 0 Å². The van der Waals surface area contributed by atoms with Crippen LogP contribution in [-0.2, 0) is 14.3 Å². The third kappa shape index (κ3) is 7.45. The Morgan fingerprint density at radius 2 is 1.88 bits per heavy atom. The van der Waals surface area contributed by atoms with Gasteiger partial charge in [0.1, 0.15) is 11.9 Å². The molecule has 1 aliphatic heterocycles. The predicted molar refractivity (Wildman–Crippen MR) is 136 cm³/mol. The average molecular weight is 490 g/mol. The molecule has 1 aliphatic rings. The summed E-state index contributed by atoms with van der Waals surface area (Å²) in [5.74, 6) is -1.65. The van der Waals surface area contributed by atoms with E-state index in [4.69, 9.17) is 4.74 Å². The fourth-order valence-corrected chi connectivity index (χ4v) is 4.66. The van der Waals surface area contributed by atoms with Crippen LogP contribution in [0.4, 0.5) is 0 Å². The van der Waals surface area contributed by atoms with Crippen LogP contribution in [0.3, 0.4) is 0 Å². The van der Waals surface area contributed by atoms with Gasteiger partial charge in [-0.05, 0) is 44.8 Å². The fourth-order valence-electron chi connectivity index (χ4n) is 4.09. The summed E-state index contributed by atoms with van der Waals surface area (Å²) in [7, 11) is 0. The molecule has 34 heavy (non-hydrogen) atoms. The van der Waals surface area contributed by atoms with E-state index in [1.807, 2.05) is 57.4 Å². The lowest BCUT2D eigenvalue weighted by atomic mass is 9.73. The first kappa shape index (κ1) is 28.1. The number of aryl methyl sites for hydroxylation is 1. The van der Waals surface area contributed by atoms with Gasteiger partial charge in [0.05, 0.1) is 34.7 Å². The number of aliphatic hydroxyl groups is 2. The molecule has 0 bridgehead atoms. The molecule has 1 aromatic heterocycles. The smallest absolute Gasteiger partial charge is 0.309 e. The molecule has 0 radical (unpaired) electrons. The van der Waals surface area contributed by atoms with Gasteiger partial charge in [-0.1, -0.05) is 51.5 Å². The Bertz CT molecular complexity index is 958. The highest BCUT2D eigenvalue weighted by atomic mass is 32.1. The first-order valence-corrected chi connectivity index (χ1v) is 12.7. The van der Waals surface area contributed by atoms with Crippen LogP contribution >= 0.6 is 11.3 Å². The van der Waals surface area contributed by atoms with Crippen LogP contribution in [0.25, 0.3) is 6.08 Å². The number of carbonyl (C=O) groups is 2. The van der Waals surface area contributed by atoms with Gasteiger partial charge in [0.2, 0.25) is 0 Å². The number of esters is 1. The Hall–Kier alpha value is -2.09. The molecule has 0 aromatic carbocycles. The van der Waals surface area contributed by atoms with Gasteiger partial charge < -0.3 is 14.9 Å². The SMILES string of the molecule is CC1=C/C[C@H](/C(C)=C/c2csc(C)n2)OC(=O)C[C@H](O)C(C)(C)C(=O)[C@H](C)[C@@H](O)[C@@H](C)C\C=C\1. The Kier molecular flexibility index (Phi) is 9.97. The van der Waals surface area contributed by atoms with Crippen molar-refractivity contribution in [3.8, 4) is 0 Å². The fraction of sp³-hybridized carbons (Fsp3) is 0.593. The van der Waals surface area contributed by atoms with Gasteiger partial charge in [0.15, 0.2) is 0 Å². The second kappa shape index (κ2) is 12.0. The second-order valence-electron chi connectivity index (χ2n) is 10.0. The topological polar surface area (TPSA) is 96.7 Å². The molecule has 0 unspecified atom stereocenters. The van der Waals surface area contributed by atoms with Crippen molar-refractivity contribution < 1.29 is 24.5 Å². The number of carbonyl (C=O) groups excluding carboxylic acids is 2. The molecule has 7 heteroatoms. The van der Waals surface area contributed by atoms with E-state index in [0.29, 0.717) is 12.8 Å². The second-order valence-corrected chi connectivity index (χ2v) is 11.1. The summed E-state index contributed by atoms with van der Waals surface area (Å²) in [4.78, 5) is 30.4. The van der Waals surface area contributed by atoms with Crippen molar-refractivity contribution in [2.24, 2.45) is 17.3 Å². The Balaban J connectivity index is 2.38. The van der Waals surface area contributed by atoms with E-state index < -0.39 is 35.6 Å². The van der Waals surface area contributed by atoms with E-state index in [1.54, 1.807) is 32.1 Å². The van der Waals surface area contributed by atoms with Gasteiger partial charge >= 0.3 is 5.97 Å². The largest absolute Gasteiger partial charge is 0.457 e. The maximum atomic E-state index is 13.1. The number of aromatic nitrogens is 1. The molecule has 2 heterocycles. The molecule has 0 saturated carbocycles. The van der Waals surface area contributed by atoms with Gasteiger partial charge in [0, 0.05) is 17.7 Å². The maximum Gasteiger partial charge on any atom is 0.309 e. The van der Waals surface area contributed by atoms with Crippen LogP contribution in [0.1, 0.15) is 71.5 Å².